The maximum absolute atomic E-state index is 12.4. The minimum absolute atomic E-state index is 0.124. The Balaban J connectivity index is 3.32. The van der Waals surface area contributed by atoms with Crippen molar-refractivity contribution in [3.8, 4) is 11.5 Å². The van der Waals surface area contributed by atoms with Gasteiger partial charge in [0.1, 0.15) is 0 Å². The van der Waals surface area contributed by atoms with E-state index in [2.05, 4.69) is 8.92 Å². The summed E-state index contributed by atoms with van der Waals surface area (Å²) in [5.41, 5.74) is -4.54. The van der Waals surface area contributed by atoms with Crippen LogP contribution >= 0.6 is 0 Å². The molecule has 0 aliphatic carbocycles. The highest BCUT2D eigenvalue weighted by Crippen LogP contribution is 2.37. The maximum Gasteiger partial charge on any atom is 0.534 e. The predicted octanol–water partition coefficient (Wildman–Crippen LogP) is 2.77. The molecule has 0 saturated heterocycles. The monoisotopic (exact) mass is 328 g/mol. The number of aryl methyl sites for hydroxylation is 2. The summed E-state index contributed by atoms with van der Waals surface area (Å²) in [6, 6.07) is 2.90. The first-order valence-electron chi connectivity index (χ1n) is 5.88. The van der Waals surface area contributed by atoms with Gasteiger partial charge in [-0.2, -0.15) is 21.6 Å². The second-order valence-corrected chi connectivity index (χ2v) is 5.68. The zero-order valence-corrected chi connectivity index (χ0v) is 12.5. The summed E-state index contributed by atoms with van der Waals surface area (Å²) < 4.78 is 73.6. The number of ether oxygens (including phenoxy) is 2. The van der Waals surface area contributed by atoms with Crippen molar-refractivity contribution < 1.29 is 35.2 Å². The van der Waals surface area contributed by atoms with E-state index in [4.69, 9.17) is 4.74 Å². The molecule has 0 heterocycles. The van der Waals surface area contributed by atoms with Crippen LogP contribution in [0.25, 0.3) is 0 Å². The van der Waals surface area contributed by atoms with E-state index in [-0.39, 0.29) is 24.5 Å². The van der Waals surface area contributed by atoms with Gasteiger partial charge in [-0.05, 0) is 30.5 Å². The first-order valence-corrected chi connectivity index (χ1v) is 7.29. The summed E-state index contributed by atoms with van der Waals surface area (Å²) in [7, 11) is -4.44. The maximum atomic E-state index is 12.4. The van der Waals surface area contributed by atoms with Gasteiger partial charge in [0.2, 0.25) is 0 Å². The minimum Gasteiger partial charge on any atom is -0.464 e. The molecule has 0 saturated carbocycles. The van der Waals surface area contributed by atoms with Crippen LogP contribution in [0.15, 0.2) is 12.1 Å². The second kappa shape index (κ2) is 6.52. The first kappa shape index (κ1) is 17.6. The molecule has 0 aliphatic heterocycles. The van der Waals surface area contributed by atoms with Crippen LogP contribution in [0.4, 0.5) is 13.2 Å². The Morgan fingerprint density at radius 3 is 2.33 bits per heavy atom. The van der Waals surface area contributed by atoms with Gasteiger partial charge in [0.25, 0.3) is 0 Å². The van der Waals surface area contributed by atoms with Crippen LogP contribution in [-0.2, 0) is 21.3 Å². The van der Waals surface area contributed by atoms with Crippen LogP contribution in [0.1, 0.15) is 18.1 Å². The number of hydrogen-bond donors (Lipinski definition) is 0. The summed E-state index contributed by atoms with van der Waals surface area (Å²) in [4.78, 5) is 0. The molecule has 0 spiro atoms. The lowest BCUT2D eigenvalue weighted by molar-refractivity contribution is -0.0501. The van der Waals surface area contributed by atoms with E-state index in [9.17, 15) is 21.6 Å². The summed E-state index contributed by atoms with van der Waals surface area (Å²) in [6.45, 7) is 3.10. The van der Waals surface area contributed by atoms with Crippen LogP contribution < -0.4 is 8.92 Å². The number of rotatable bonds is 6. The van der Waals surface area contributed by atoms with Crippen molar-refractivity contribution in [2.24, 2.45) is 0 Å². The van der Waals surface area contributed by atoms with Crippen LogP contribution in [0.5, 0.6) is 11.5 Å². The van der Waals surface area contributed by atoms with E-state index in [1.54, 1.807) is 13.8 Å². The van der Waals surface area contributed by atoms with Gasteiger partial charge in [-0.1, -0.05) is 13.0 Å². The first-order chi connectivity index (χ1) is 9.62. The molecular formula is C12H15F3O5S. The van der Waals surface area contributed by atoms with Gasteiger partial charge in [-0.3, -0.25) is 0 Å². The van der Waals surface area contributed by atoms with Crippen molar-refractivity contribution in [1.29, 1.82) is 0 Å². The van der Waals surface area contributed by atoms with Gasteiger partial charge in [0.05, 0.1) is 0 Å². The Kier molecular flexibility index (Phi) is 5.46. The number of alkyl halides is 3. The Hall–Kier alpha value is -1.48. The van der Waals surface area contributed by atoms with E-state index < -0.39 is 21.4 Å². The fourth-order valence-corrected chi connectivity index (χ4v) is 2.06. The molecular weight excluding hydrogens is 313 g/mol. The lowest BCUT2D eigenvalue weighted by atomic mass is 10.1. The SMILES string of the molecule is CCc1cc(C)cc(OCOC)c1OS(=O)(=O)C(F)(F)F. The zero-order valence-electron chi connectivity index (χ0n) is 11.7. The summed E-state index contributed by atoms with van der Waals surface area (Å²) >= 11 is 0. The largest absolute Gasteiger partial charge is 0.534 e. The normalized spacial score (nSPS) is 12.3. The van der Waals surface area contributed by atoms with Crippen molar-refractivity contribution >= 4 is 10.1 Å². The Morgan fingerprint density at radius 1 is 1.24 bits per heavy atom. The predicted molar refractivity (Wildman–Crippen MR) is 68.7 cm³/mol. The fraction of sp³-hybridized carbons (Fsp3) is 0.500. The van der Waals surface area contributed by atoms with Crippen LogP contribution in [-0.4, -0.2) is 27.8 Å². The molecule has 0 fully saturated rings. The average Bonchev–Trinajstić information content (AvgIpc) is 2.36. The van der Waals surface area contributed by atoms with Crippen molar-refractivity contribution in [3.63, 3.8) is 0 Å². The summed E-state index contributed by atoms with van der Waals surface area (Å²) in [5.74, 6) is -0.598. The molecule has 0 radical (unpaired) electrons. The molecule has 9 heteroatoms. The minimum atomic E-state index is -5.76. The van der Waals surface area contributed by atoms with Crippen molar-refractivity contribution in [2.75, 3.05) is 13.9 Å². The standard InChI is InChI=1S/C12H15F3O5S/c1-4-9-5-8(2)6-10(19-7-18-3)11(9)20-21(16,17)12(13,14)15/h5-6H,4,7H2,1-3H3. The van der Waals surface area contributed by atoms with E-state index in [1.807, 2.05) is 0 Å². The van der Waals surface area contributed by atoms with Gasteiger partial charge in [0.15, 0.2) is 18.3 Å². The molecule has 0 aromatic heterocycles. The highest BCUT2D eigenvalue weighted by atomic mass is 32.2. The molecule has 1 aromatic carbocycles. The Labute approximate surface area is 120 Å². The molecule has 0 amide bonds. The number of hydrogen-bond acceptors (Lipinski definition) is 5. The molecule has 21 heavy (non-hydrogen) atoms. The van der Waals surface area contributed by atoms with Gasteiger partial charge < -0.3 is 13.7 Å². The molecule has 5 nitrogen and oxygen atoms in total. The van der Waals surface area contributed by atoms with E-state index in [0.29, 0.717) is 5.56 Å². The van der Waals surface area contributed by atoms with Crippen LogP contribution in [0.2, 0.25) is 0 Å². The lowest BCUT2D eigenvalue weighted by Gasteiger charge is -2.17. The second-order valence-electron chi connectivity index (χ2n) is 4.14. The van der Waals surface area contributed by atoms with Crippen LogP contribution in [0.3, 0.4) is 0 Å². The van der Waals surface area contributed by atoms with Crippen molar-refractivity contribution in [3.05, 3.63) is 23.3 Å². The van der Waals surface area contributed by atoms with E-state index in [1.165, 1.54) is 19.2 Å². The molecule has 0 atom stereocenters. The van der Waals surface area contributed by atoms with Crippen molar-refractivity contribution in [2.45, 2.75) is 25.8 Å². The lowest BCUT2D eigenvalue weighted by Crippen LogP contribution is -2.28. The van der Waals surface area contributed by atoms with Gasteiger partial charge >= 0.3 is 15.6 Å². The zero-order chi connectivity index (χ0) is 16.3. The summed E-state index contributed by atoms with van der Waals surface area (Å²) in [5, 5.41) is 0. The number of methoxy groups -OCH3 is 1. The average molecular weight is 328 g/mol. The van der Waals surface area contributed by atoms with Gasteiger partial charge in [0, 0.05) is 7.11 Å². The smallest absolute Gasteiger partial charge is 0.464 e. The molecule has 0 unspecified atom stereocenters. The third-order valence-corrected chi connectivity index (χ3v) is 3.42. The van der Waals surface area contributed by atoms with Gasteiger partial charge in [-0.25, -0.2) is 0 Å². The third kappa shape index (κ3) is 4.24. The molecule has 120 valence electrons. The number of benzene rings is 1. The van der Waals surface area contributed by atoms with Crippen LogP contribution in [0, 0.1) is 6.92 Å². The molecule has 0 N–H and O–H groups in total. The molecule has 1 rings (SSSR count). The highest BCUT2D eigenvalue weighted by molar-refractivity contribution is 7.88. The number of halogens is 3. The molecule has 0 bridgehead atoms. The molecule has 0 aliphatic rings. The quantitative estimate of drug-likeness (QED) is 0.456. The Bertz CT molecular complexity index is 596. The highest BCUT2D eigenvalue weighted by Gasteiger charge is 2.49. The fourth-order valence-electron chi connectivity index (χ4n) is 1.56. The van der Waals surface area contributed by atoms with Gasteiger partial charge in [-0.15, -0.1) is 0 Å². The Morgan fingerprint density at radius 2 is 1.86 bits per heavy atom. The van der Waals surface area contributed by atoms with E-state index >= 15 is 0 Å². The summed E-state index contributed by atoms with van der Waals surface area (Å²) in [6.07, 6.45) is 0.272. The van der Waals surface area contributed by atoms with Crippen molar-refractivity contribution in [1.82, 2.24) is 0 Å². The topological polar surface area (TPSA) is 61.8 Å². The third-order valence-electron chi connectivity index (χ3n) is 2.47. The molecule has 1 aromatic rings. The van der Waals surface area contributed by atoms with E-state index in [0.717, 1.165) is 0 Å².